The fourth-order valence-electron chi connectivity index (χ4n) is 6.30. The first-order valence-corrected chi connectivity index (χ1v) is 19.2. The lowest BCUT2D eigenvalue weighted by molar-refractivity contribution is -0.142. The van der Waals surface area contributed by atoms with Gasteiger partial charge in [-0.25, -0.2) is 4.79 Å². The first-order valence-electron chi connectivity index (χ1n) is 18.6. The van der Waals surface area contributed by atoms with Crippen LogP contribution in [0.3, 0.4) is 0 Å². The highest BCUT2D eigenvalue weighted by Crippen LogP contribution is 2.20. The predicted molar refractivity (Wildman–Crippen MR) is 213 cm³/mol. The predicted octanol–water partition coefficient (Wildman–Crippen LogP) is -0.451. The molecule has 6 atom stereocenters. The Morgan fingerprint density at radius 2 is 1.39 bits per heavy atom. The van der Waals surface area contributed by atoms with E-state index in [1.54, 1.807) is 42.5 Å². The summed E-state index contributed by atoms with van der Waals surface area (Å²) in [6, 6.07) is 7.96. The lowest BCUT2D eigenvalue weighted by Crippen LogP contribution is -2.60. The highest BCUT2D eigenvalue weighted by Gasteiger charge is 2.38. The largest absolute Gasteiger partial charge is 0.508 e. The Morgan fingerprint density at radius 3 is 1.93 bits per heavy atom. The van der Waals surface area contributed by atoms with E-state index in [2.05, 4.69) is 38.9 Å². The van der Waals surface area contributed by atoms with Gasteiger partial charge in [-0.3, -0.25) is 29.0 Å². The molecule has 3 rings (SSSR count). The van der Waals surface area contributed by atoms with Crippen LogP contribution in [-0.4, -0.2) is 112 Å². The molecule has 1 aliphatic rings. The van der Waals surface area contributed by atoms with Gasteiger partial charge in [0.15, 0.2) is 5.96 Å². The molecule has 0 spiro atoms. The molecule has 2 aromatic carbocycles. The number of hydrogen-bond donors (Lipinski definition) is 10. The topological polar surface area (TPSA) is 285 Å². The number of thiol groups is 1. The van der Waals surface area contributed by atoms with Crippen LogP contribution >= 0.6 is 12.6 Å². The fraction of sp³-hybridized carbons (Fsp3) is 0.500. The summed E-state index contributed by atoms with van der Waals surface area (Å²) in [5.41, 5.74) is 18.0. The second-order valence-electron chi connectivity index (χ2n) is 14.2. The fourth-order valence-corrected chi connectivity index (χ4v) is 6.56. The number of hydrogen-bond acceptors (Lipinski definition) is 10. The summed E-state index contributed by atoms with van der Waals surface area (Å²) < 4.78 is 0. The molecule has 0 radical (unpaired) electrons. The van der Waals surface area contributed by atoms with Gasteiger partial charge in [0.05, 0.1) is 6.04 Å². The molecule has 12 N–H and O–H groups in total. The van der Waals surface area contributed by atoms with Crippen LogP contribution in [0, 0.1) is 5.92 Å². The molecule has 0 aliphatic carbocycles. The summed E-state index contributed by atoms with van der Waals surface area (Å²) in [6.07, 6.45) is 1.53. The minimum absolute atomic E-state index is 0.0135. The van der Waals surface area contributed by atoms with Gasteiger partial charge >= 0.3 is 5.97 Å². The smallest absolute Gasteiger partial charge is 0.326 e. The zero-order valence-electron chi connectivity index (χ0n) is 31.7. The van der Waals surface area contributed by atoms with Gasteiger partial charge in [-0.2, -0.15) is 12.6 Å². The maximum atomic E-state index is 14.1. The van der Waals surface area contributed by atoms with Gasteiger partial charge in [0.1, 0.15) is 36.0 Å². The molecular formula is C38H55N9O8S. The number of nitrogens with one attached hydrogen (secondary N) is 4. The van der Waals surface area contributed by atoms with Crippen molar-refractivity contribution in [2.75, 3.05) is 18.8 Å². The SMILES string of the molecule is CC(C)C[C@H](N)C(=O)N1CCC[C@H]1C(=O)N[C@@H](CS)C(=O)N[C@@H](Cc1ccccc1)C(=O)N[C@@H](Cc1ccc(O)cc1)C(=O)N[C@@H](CCCN=C(N)N)C(=O)O. The standard InChI is InChI=1S/C38H55N9O8S/c1-22(2)18-26(39)36(53)47-17-7-11-31(47)35(52)46-30(21-56)34(51)45-28(19-23-8-4-3-5-9-23)33(50)44-29(20-24-12-14-25(48)15-13-24)32(49)43-27(37(54)55)10-6-16-42-38(40)41/h3-5,8-9,12-15,22,26-31,48,56H,6-7,10-11,16-21,39H2,1-2H3,(H,43,49)(H,44,50)(H,45,51)(H,46,52)(H,54,55)(H4,40,41,42)/t26-,27-,28-,29-,30-,31-/m0/s1. The average Bonchev–Trinajstić information content (AvgIpc) is 3.65. The first kappa shape index (κ1) is 45.0. The molecule has 0 saturated carbocycles. The number of carbonyl (C=O) groups excluding carboxylic acids is 5. The number of phenols is 1. The number of aliphatic carboxylic acids is 1. The summed E-state index contributed by atoms with van der Waals surface area (Å²) in [4.78, 5) is 85.5. The molecule has 5 amide bonds. The Morgan fingerprint density at radius 1 is 0.839 bits per heavy atom. The van der Waals surface area contributed by atoms with Crippen LogP contribution in [0.25, 0.3) is 0 Å². The maximum absolute atomic E-state index is 14.1. The normalized spacial score (nSPS) is 16.4. The Balaban J connectivity index is 1.83. The third kappa shape index (κ3) is 14.4. The number of nitrogens with two attached hydrogens (primary N) is 3. The van der Waals surface area contributed by atoms with E-state index < -0.39 is 65.8 Å². The van der Waals surface area contributed by atoms with E-state index in [1.807, 2.05) is 13.8 Å². The van der Waals surface area contributed by atoms with Crippen LogP contribution in [0.15, 0.2) is 59.6 Å². The Hall–Kier alpha value is -5.36. The number of benzene rings is 2. The number of rotatable bonds is 21. The lowest BCUT2D eigenvalue weighted by Gasteiger charge is -2.29. The van der Waals surface area contributed by atoms with Crippen LogP contribution in [0.1, 0.15) is 57.1 Å². The lowest BCUT2D eigenvalue weighted by atomic mass is 10.0. The molecule has 2 aromatic rings. The zero-order chi connectivity index (χ0) is 41.4. The molecule has 1 heterocycles. The van der Waals surface area contributed by atoms with E-state index in [4.69, 9.17) is 17.2 Å². The van der Waals surface area contributed by atoms with E-state index >= 15 is 0 Å². The number of amides is 5. The van der Waals surface area contributed by atoms with Gasteiger partial charge in [-0.15, -0.1) is 0 Å². The van der Waals surface area contributed by atoms with Gasteiger partial charge in [0.2, 0.25) is 29.5 Å². The molecule has 1 aliphatic heterocycles. The average molecular weight is 798 g/mol. The molecule has 306 valence electrons. The van der Waals surface area contributed by atoms with Gasteiger partial charge in [-0.05, 0) is 61.3 Å². The van der Waals surface area contributed by atoms with Crippen LogP contribution in [0.4, 0.5) is 0 Å². The molecule has 0 bridgehead atoms. The van der Waals surface area contributed by atoms with Crippen molar-refractivity contribution in [1.82, 2.24) is 26.2 Å². The van der Waals surface area contributed by atoms with E-state index in [0.29, 0.717) is 36.9 Å². The van der Waals surface area contributed by atoms with Crippen LogP contribution in [-0.2, 0) is 41.6 Å². The summed E-state index contributed by atoms with van der Waals surface area (Å²) in [5.74, 6) is -4.66. The number of carboxylic acids is 1. The van der Waals surface area contributed by atoms with Crippen LogP contribution in [0.5, 0.6) is 5.75 Å². The van der Waals surface area contributed by atoms with Crippen LogP contribution < -0.4 is 38.5 Å². The summed E-state index contributed by atoms with van der Waals surface area (Å²) in [5, 5.41) is 30.2. The Labute approximate surface area is 332 Å². The Kier molecular flexibility index (Phi) is 17.9. The van der Waals surface area contributed by atoms with Crippen molar-refractivity contribution >= 4 is 54.1 Å². The van der Waals surface area contributed by atoms with Crippen molar-refractivity contribution in [2.45, 2.75) is 95.0 Å². The number of guanidine groups is 1. The van der Waals surface area contributed by atoms with Crippen molar-refractivity contribution < 1.29 is 39.0 Å². The summed E-state index contributed by atoms with van der Waals surface area (Å²) in [7, 11) is 0. The second kappa shape index (κ2) is 22.3. The number of carboxylic acid groups (broad SMARTS) is 1. The highest BCUT2D eigenvalue weighted by molar-refractivity contribution is 7.80. The molecule has 1 fully saturated rings. The number of likely N-dealkylation sites (tertiary alicyclic amines) is 1. The summed E-state index contributed by atoms with van der Waals surface area (Å²) >= 11 is 4.30. The second-order valence-corrected chi connectivity index (χ2v) is 14.6. The number of aromatic hydroxyl groups is 1. The quantitative estimate of drug-likeness (QED) is 0.0334. The summed E-state index contributed by atoms with van der Waals surface area (Å²) in [6.45, 7) is 4.38. The Bertz CT molecular complexity index is 1670. The van der Waals surface area contributed by atoms with Crippen LogP contribution in [0.2, 0.25) is 0 Å². The minimum atomic E-state index is -1.34. The van der Waals surface area contributed by atoms with Crippen molar-refractivity contribution in [2.24, 2.45) is 28.1 Å². The third-order valence-electron chi connectivity index (χ3n) is 9.18. The minimum Gasteiger partial charge on any atom is -0.508 e. The molecule has 56 heavy (non-hydrogen) atoms. The van der Waals surface area contributed by atoms with Gasteiger partial charge in [0, 0.05) is 31.7 Å². The molecular weight excluding hydrogens is 743 g/mol. The zero-order valence-corrected chi connectivity index (χ0v) is 32.6. The van der Waals surface area contributed by atoms with Crippen molar-refractivity contribution in [3.8, 4) is 5.75 Å². The van der Waals surface area contributed by atoms with E-state index in [0.717, 1.165) is 0 Å². The molecule has 17 nitrogen and oxygen atoms in total. The van der Waals surface area contributed by atoms with Gasteiger partial charge < -0.3 is 53.6 Å². The third-order valence-corrected chi connectivity index (χ3v) is 9.55. The number of phenolic OH excluding ortho intramolecular Hbond substituents is 1. The molecule has 0 unspecified atom stereocenters. The number of nitrogens with zero attached hydrogens (tertiary/aromatic N) is 2. The maximum Gasteiger partial charge on any atom is 0.326 e. The number of carbonyl (C=O) groups is 6. The van der Waals surface area contributed by atoms with Gasteiger partial charge in [-0.1, -0.05) is 56.3 Å². The molecule has 18 heteroatoms. The first-order chi connectivity index (χ1) is 26.6. The highest BCUT2D eigenvalue weighted by atomic mass is 32.1. The molecule has 1 saturated heterocycles. The van der Waals surface area contributed by atoms with E-state index in [9.17, 15) is 39.0 Å². The van der Waals surface area contributed by atoms with Gasteiger partial charge in [0.25, 0.3) is 0 Å². The van der Waals surface area contributed by atoms with E-state index in [1.165, 1.54) is 17.0 Å². The van der Waals surface area contributed by atoms with E-state index in [-0.39, 0.29) is 61.5 Å². The van der Waals surface area contributed by atoms with Crippen molar-refractivity contribution in [1.29, 1.82) is 0 Å². The van der Waals surface area contributed by atoms with Crippen molar-refractivity contribution in [3.05, 3.63) is 65.7 Å². The monoisotopic (exact) mass is 797 g/mol. The number of aliphatic imine (C=N–C) groups is 1. The van der Waals surface area contributed by atoms with Crippen molar-refractivity contribution in [3.63, 3.8) is 0 Å². The molecule has 0 aromatic heterocycles.